The number of benzene rings is 1. The van der Waals surface area contributed by atoms with Crippen molar-refractivity contribution in [3.63, 3.8) is 0 Å². The summed E-state index contributed by atoms with van der Waals surface area (Å²) in [6, 6.07) is 4.90. The Kier molecular flexibility index (Phi) is 3.36. The molecule has 1 aromatic rings. The molecule has 0 bridgehead atoms. The molecule has 1 aromatic carbocycles. The second-order valence-electron chi connectivity index (χ2n) is 4.78. The number of nitrogens with zero attached hydrogens (tertiary/aromatic N) is 1. The molecule has 4 heteroatoms. The van der Waals surface area contributed by atoms with Crippen molar-refractivity contribution in [2.45, 2.75) is 39.2 Å². The number of hydrogen-bond donors (Lipinski definition) is 1. The minimum atomic E-state index is -0.929. The van der Waals surface area contributed by atoms with E-state index < -0.39 is 12.0 Å². The Morgan fingerprint density at radius 2 is 2.06 bits per heavy atom. The van der Waals surface area contributed by atoms with E-state index in [4.69, 9.17) is 0 Å². The van der Waals surface area contributed by atoms with Crippen molar-refractivity contribution in [1.82, 2.24) is 0 Å². The summed E-state index contributed by atoms with van der Waals surface area (Å²) in [5.41, 5.74) is 2.89. The number of amides is 1. The van der Waals surface area contributed by atoms with Crippen molar-refractivity contribution in [2.24, 2.45) is 0 Å². The van der Waals surface area contributed by atoms with Crippen molar-refractivity contribution in [2.75, 3.05) is 4.90 Å². The predicted octanol–water partition coefficient (Wildman–Crippen LogP) is 2.27. The number of aryl methyl sites for hydroxylation is 2. The fourth-order valence-corrected chi connectivity index (χ4v) is 2.30. The third kappa shape index (κ3) is 2.23. The molecule has 2 rings (SSSR count). The number of aliphatic carboxylic acids is 1. The van der Waals surface area contributed by atoms with E-state index in [0.29, 0.717) is 24.9 Å². The van der Waals surface area contributed by atoms with E-state index in [1.165, 1.54) is 4.90 Å². The molecule has 1 amide bonds. The number of piperidine rings is 1. The first-order chi connectivity index (χ1) is 8.50. The van der Waals surface area contributed by atoms with Crippen LogP contribution >= 0.6 is 0 Å². The Morgan fingerprint density at radius 3 is 2.67 bits per heavy atom. The van der Waals surface area contributed by atoms with E-state index in [-0.39, 0.29) is 5.91 Å². The summed E-state index contributed by atoms with van der Waals surface area (Å²) < 4.78 is 0. The quantitative estimate of drug-likeness (QED) is 0.872. The van der Waals surface area contributed by atoms with Crippen molar-refractivity contribution >= 4 is 17.6 Å². The summed E-state index contributed by atoms with van der Waals surface area (Å²) in [5, 5.41) is 9.22. The maximum absolute atomic E-state index is 12.0. The number of carboxylic acids is 1. The smallest absolute Gasteiger partial charge is 0.326 e. The van der Waals surface area contributed by atoms with E-state index in [0.717, 1.165) is 11.1 Å². The minimum Gasteiger partial charge on any atom is -0.480 e. The van der Waals surface area contributed by atoms with Gasteiger partial charge < -0.3 is 5.11 Å². The van der Waals surface area contributed by atoms with Gasteiger partial charge in [0.25, 0.3) is 0 Å². The van der Waals surface area contributed by atoms with Crippen LogP contribution in [0.25, 0.3) is 0 Å². The number of carbonyl (C=O) groups excluding carboxylic acids is 1. The molecule has 0 aromatic heterocycles. The van der Waals surface area contributed by atoms with E-state index in [2.05, 4.69) is 0 Å². The summed E-state index contributed by atoms with van der Waals surface area (Å²) in [6.45, 7) is 3.95. The largest absolute Gasteiger partial charge is 0.480 e. The van der Waals surface area contributed by atoms with Crippen LogP contribution in [0.2, 0.25) is 0 Å². The van der Waals surface area contributed by atoms with Gasteiger partial charge in [-0.25, -0.2) is 4.79 Å². The van der Waals surface area contributed by atoms with Gasteiger partial charge in [-0.2, -0.15) is 0 Å². The Bertz CT molecular complexity index is 496. The first-order valence-electron chi connectivity index (χ1n) is 6.13. The van der Waals surface area contributed by atoms with Gasteiger partial charge in [0.05, 0.1) is 0 Å². The zero-order valence-corrected chi connectivity index (χ0v) is 10.6. The molecular weight excluding hydrogens is 230 g/mol. The molecule has 0 aliphatic carbocycles. The number of hydrogen-bond acceptors (Lipinski definition) is 2. The SMILES string of the molecule is Cc1ccc(N2C(=O)CCCC2C(=O)O)cc1C. The van der Waals surface area contributed by atoms with Crippen LogP contribution in [0.5, 0.6) is 0 Å². The highest BCUT2D eigenvalue weighted by atomic mass is 16.4. The number of anilines is 1. The van der Waals surface area contributed by atoms with E-state index in [9.17, 15) is 14.7 Å². The van der Waals surface area contributed by atoms with E-state index in [1.54, 1.807) is 0 Å². The van der Waals surface area contributed by atoms with Crippen LogP contribution in [0.15, 0.2) is 18.2 Å². The molecule has 1 aliphatic rings. The lowest BCUT2D eigenvalue weighted by atomic mass is 9.99. The van der Waals surface area contributed by atoms with Crippen LogP contribution in [0.4, 0.5) is 5.69 Å². The Hall–Kier alpha value is -1.84. The normalized spacial score (nSPS) is 20.0. The highest BCUT2D eigenvalue weighted by Crippen LogP contribution is 2.27. The van der Waals surface area contributed by atoms with Crippen molar-refractivity contribution < 1.29 is 14.7 Å². The van der Waals surface area contributed by atoms with Gasteiger partial charge in [0.1, 0.15) is 6.04 Å². The fraction of sp³-hybridized carbons (Fsp3) is 0.429. The van der Waals surface area contributed by atoms with Gasteiger partial charge in [0.2, 0.25) is 5.91 Å². The maximum Gasteiger partial charge on any atom is 0.326 e. The van der Waals surface area contributed by atoms with Gasteiger partial charge >= 0.3 is 5.97 Å². The predicted molar refractivity (Wildman–Crippen MR) is 68.7 cm³/mol. The summed E-state index contributed by atoms with van der Waals surface area (Å²) >= 11 is 0. The average Bonchev–Trinajstić information content (AvgIpc) is 2.32. The molecule has 1 aliphatic heterocycles. The van der Waals surface area contributed by atoms with E-state index in [1.807, 2.05) is 32.0 Å². The first-order valence-corrected chi connectivity index (χ1v) is 6.13. The van der Waals surface area contributed by atoms with Crippen molar-refractivity contribution in [1.29, 1.82) is 0 Å². The monoisotopic (exact) mass is 247 g/mol. The van der Waals surface area contributed by atoms with Crippen LogP contribution < -0.4 is 4.90 Å². The van der Waals surface area contributed by atoms with Gasteiger partial charge in [-0.1, -0.05) is 6.07 Å². The molecule has 1 N–H and O–H groups in total. The molecule has 1 fully saturated rings. The second-order valence-corrected chi connectivity index (χ2v) is 4.78. The van der Waals surface area contributed by atoms with Gasteiger partial charge in [0.15, 0.2) is 0 Å². The summed E-state index contributed by atoms with van der Waals surface area (Å²) in [5.74, 6) is -1.03. The number of rotatable bonds is 2. The van der Waals surface area contributed by atoms with Gasteiger partial charge in [0, 0.05) is 12.1 Å². The van der Waals surface area contributed by atoms with Crippen LogP contribution in [0.1, 0.15) is 30.4 Å². The molecule has 1 saturated heterocycles. The molecule has 1 unspecified atom stereocenters. The summed E-state index contributed by atoms with van der Waals surface area (Å²) in [7, 11) is 0. The van der Waals surface area contributed by atoms with Gasteiger partial charge in [-0.05, 0) is 49.9 Å². The molecule has 0 radical (unpaired) electrons. The van der Waals surface area contributed by atoms with Crippen molar-refractivity contribution in [3.8, 4) is 0 Å². The number of carbonyl (C=O) groups is 2. The average molecular weight is 247 g/mol. The zero-order chi connectivity index (χ0) is 13.3. The topological polar surface area (TPSA) is 57.6 Å². The summed E-state index contributed by atoms with van der Waals surface area (Å²) in [4.78, 5) is 24.6. The van der Waals surface area contributed by atoms with Crippen molar-refractivity contribution in [3.05, 3.63) is 29.3 Å². The third-order valence-electron chi connectivity index (χ3n) is 3.50. The van der Waals surface area contributed by atoms with E-state index >= 15 is 0 Å². The fourth-order valence-electron chi connectivity index (χ4n) is 2.30. The highest BCUT2D eigenvalue weighted by Gasteiger charge is 2.34. The van der Waals surface area contributed by atoms with Crippen LogP contribution in [-0.2, 0) is 9.59 Å². The Labute approximate surface area is 106 Å². The third-order valence-corrected chi connectivity index (χ3v) is 3.50. The maximum atomic E-state index is 12.0. The highest BCUT2D eigenvalue weighted by molar-refractivity contribution is 6.00. The molecule has 0 spiro atoms. The molecule has 18 heavy (non-hydrogen) atoms. The minimum absolute atomic E-state index is 0.100. The van der Waals surface area contributed by atoms with Gasteiger partial charge in [-0.15, -0.1) is 0 Å². The molecule has 1 atom stereocenters. The molecule has 0 saturated carbocycles. The first kappa shape index (κ1) is 12.6. The van der Waals surface area contributed by atoms with Gasteiger partial charge in [-0.3, -0.25) is 9.69 Å². The lowest BCUT2D eigenvalue weighted by Gasteiger charge is -2.33. The number of carboxylic acid groups (broad SMARTS) is 1. The van der Waals surface area contributed by atoms with Crippen LogP contribution in [0.3, 0.4) is 0 Å². The van der Waals surface area contributed by atoms with Crippen LogP contribution in [0, 0.1) is 13.8 Å². The lowest BCUT2D eigenvalue weighted by Crippen LogP contribution is -2.48. The van der Waals surface area contributed by atoms with Crippen LogP contribution in [-0.4, -0.2) is 23.0 Å². The lowest BCUT2D eigenvalue weighted by molar-refractivity contribution is -0.141. The Morgan fingerprint density at radius 1 is 1.33 bits per heavy atom. The standard InChI is InChI=1S/C14H17NO3/c1-9-6-7-11(8-10(9)2)15-12(14(17)18)4-3-5-13(15)16/h6-8,12H,3-5H2,1-2H3,(H,17,18). The molecule has 4 nitrogen and oxygen atoms in total. The molecular formula is C14H17NO3. The molecule has 1 heterocycles. The Balaban J connectivity index is 2.40. The zero-order valence-electron chi connectivity index (χ0n) is 10.6. The summed E-state index contributed by atoms with van der Waals surface area (Å²) in [6.07, 6.45) is 1.60. The molecule has 96 valence electrons. The second kappa shape index (κ2) is 4.80.